The van der Waals surface area contributed by atoms with Crippen molar-refractivity contribution in [3.63, 3.8) is 0 Å². The number of nitrogens with zero attached hydrogens (tertiary/aromatic N) is 3. The molecule has 0 bridgehead atoms. The number of carbonyl (C=O) groups excluding carboxylic acids is 3. The van der Waals surface area contributed by atoms with Crippen LogP contribution in [-0.2, 0) is 22.7 Å². The fourth-order valence-corrected chi connectivity index (χ4v) is 4.24. The van der Waals surface area contributed by atoms with Gasteiger partial charge in [-0.1, -0.05) is 41.9 Å². The maximum Gasteiger partial charge on any atom is 0.245 e. The number of para-hydroxylation sites is 1. The summed E-state index contributed by atoms with van der Waals surface area (Å²) < 4.78 is 15.6. The van der Waals surface area contributed by atoms with Crippen molar-refractivity contribution in [1.82, 2.24) is 20.0 Å². The van der Waals surface area contributed by atoms with E-state index in [0.29, 0.717) is 23.7 Å². The highest BCUT2D eigenvalue weighted by Gasteiger charge is 2.36. The van der Waals surface area contributed by atoms with Crippen LogP contribution in [0.25, 0.3) is 10.9 Å². The third-order valence-electron chi connectivity index (χ3n) is 5.95. The molecule has 3 aromatic rings. The van der Waals surface area contributed by atoms with E-state index < -0.39 is 17.8 Å². The predicted octanol–water partition coefficient (Wildman–Crippen LogP) is 2.70. The zero-order valence-electron chi connectivity index (χ0n) is 18.5. The molecule has 0 aliphatic heterocycles. The molecule has 2 amide bonds. The Hall–Kier alpha value is -3.30. The number of rotatable bonds is 8. The molecule has 1 saturated carbocycles. The molecule has 0 unspecified atom stereocenters. The second-order valence-electron chi connectivity index (χ2n) is 8.37. The van der Waals surface area contributed by atoms with Crippen LogP contribution in [0.15, 0.2) is 42.5 Å². The number of hydrogen-bond acceptors (Lipinski definition) is 5. The molecule has 34 heavy (non-hydrogen) atoms. The van der Waals surface area contributed by atoms with Crippen LogP contribution in [0.4, 0.5) is 4.39 Å². The molecule has 0 atom stereocenters. The second kappa shape index (κ2) is 9.90. The molecule has 10 heteroatoms. The Balaban J connectivity index is 1.49. The third kappa shape index (κ3) is 4.95. The van der Waals surface area contributed by atoms with Crippen LogP contribution < -0.4 is 5.32 Å². The first kappa shape index (κ1) is 23.8. The van der Waals surface area contributed by atoms with E-state index in [-0.39, 0.29) is 53.6 Å². The molecule has 0 saturated heterocycles. The Morgan fingerprint density at radius 1 is 1.21 bits per heavy atom. The molecule has 1 heterocycles. The zero-order chi connectivity index (χ0) is 24.4. The summed E-state index contributed by atoms with van der Waals surface area (Å²) in [6, 6.07) is 11.3. The number of aromatic nitrogens is 2. The van der Waals surface area contributed by atoms with E-state index in [9.17, 15) is 23.9 Å². The molecule has 8 nitrogen and oxygen atoms in total. The van der Waals surface area contributed by atoms with Crippen LogP contribution in [0.5, 0.6) is 0 Å². The summed E-state index contributed by atoms with van der Waals surface area (Å²) in [5.41, 5.74) is 1.14. The van der Waals surface area contributed by atoms with Gasteiger partial charge in [0, 0.05) is 30.5 Å². The molecular weight excluding hydrogens is 463 g/mol. The standard InChI is InChI=1S/C24H24ClFN4O4/c1-14(31)24-18-6-2-3-8-20(18)30(28-24)13-22(34)29(16-9-17(32)10-16)12-21(33)27-11-15-5-4-7-19(25)23(15)26/h2-8,16-17,32H,9-13H2,1H3,(H,27,33)/t16-,17-. The second-order valence-corrected chi connectivity index (χ2v) is 8.78. The lowest BCUT2D eigenvalue weighted by molar-refractivity contribution is -0.143. The molecule has 0 radical (unpaired) electrons. The van der Waals surface area contributed by atoms with E-state index in [0.717, 1.165) is 0 Å². The largest absolute Gasteiger partial charge is 0.393 e. The number of halogens is 2. The predicted molar refractivity (Wildman–Crippen MR) is 124 cm³/mol. The zero-order valence-corrected chi connectivity index (χ0v) is 19.3. The van der Waals surface area contributed by atoms with Crippen molar-refractivity contribution in [3.8, 4) is 0 Å². The molecule has 4 rings (SSSR count). The van der Waals surface area contributed by atoms with E-state index in [1.165, 1.54) is 28.6 Å². The van der Waals surface area contributed by atoms with Crippen molar-refractivity contribution in [3.05, 3.63) is 64.6 Å². The molecule has 178 valence electrons. The summed E-state index contributed by atoms with van der Waals surface area (Å²) in [5, 5.41) is 17.3. The highest BCUT2D eigenvalue weighted by atomic mass is 35.5. The minimum Gasteiger partial charge on any atom is -0.393 e. The summed E-state index contributed by atoms with van der Waals surface area (Å²) in [4.78, 5) is 39.2. The van der Waals surface area contributed by atoms with Crippen LogP contribution in [-0.4, -0.2) is 56.1 Å². The first-order valence-corrected chi connectivity index (χ1v) is 11.3. The van der Waals surface area contributed by atoms with Gasteiger partial charge in [0.25, 0.3) is 0 Å². The average molecular weight is 487 g/mol. The lowest BCUT2D eigenvalue weighted by Gasteiger charge is -2.40. The van der Waals surface area contributed by atoms with Gasteiger partial charge in [-0.2, -0.15) is 5.10 Å². The van der Waals surface area contributed by atoms with Crippen molar-refractivity contribution in [1.29, 1.82) is 0 Å². The number of carbonyl (C=O) groups is 3. The number of amides is 2. The van der Waals surface area contributed by atoms with E-state index in [1.54, 1.807) is 30.3 Å². The van der Waals surface area contributed by atoms with Crippen molar-refractivity contribution < 1.29 is 23.9 Å². The fourth-order valence-electron chi connectivity index (χ4n) is 4.05. The third-order valence-corrected chi connectivity index (χ3v) is 6.24. The summed E-state index contributed by atoms with van der Waals surface area (Å²) >= 11 is 5.78. The number of ketones is 1. The summed E-state index contributed by atoms with van der Waals surface area (Å²) in [6.07, 6.45) is 0.194. The van der Waals surface area contributed by atoms with E-state index >= 15 is 0 Å². The van der Waals surface area contributed by atoms with Crippen molar-refractivity contribution >= 4 is 40.1 Å². The summed E-state index contributed by atoms with van der Waals surface area (Å²) in [5.74, 6) is -1.66. The molecule has 2 aromatic carbocycles. The van der Waals surface area contributed by atoms with Crippen molar-refractivity contribution in [2.75, 3.05) is 6.54 Å². The van der Waals surface area contributed by atoms with Crippen LogP contribution in [0.1, 0.15) is 35.8 Å². The van der Waals surface area contributed by atoms with Gasteiger partial charge in [-0.15, -0.1) is 0 Å². The molecule has 2 N–H and O–H groups in total. The molecule has 1 aromatic heterocycles. The van der Waals surface area contributed by atoms with Crippen LogP contribution in [0.2, 0.25) is 5.02 Å². The van der Waals surface area contributed by atoms with E-state index in [1.807, 2.05) is 0 Å². The monoisotopic (exact) mass is 486 g/mol. The minimum absolute atomic E-state index is 0.0385. The number of hydrogen-bond donors (Lipinski definition) is 2. The van der Waals surface area contributed by atoms with Crippen LogP contribution in [0.3, 0.4) is 0 Å². The number of aliphatic hydroxyl groups is 1. The Labute approximate surface area is 200 Å². The maximum absolute atomic E-state index is 14.1. The van der Waals surface area contributed by atoms with Gasteiger partial charge in [0.1, 0.15) is 18.1 Å². The summed E-state index contributed by atoms with van der Waals surface area (Å²) in [7, 11) is 0. The topological polar surface area (TPSA) is 105 Å². The van der Waals surface area contributed by atoms with Gasteiger partial charge in [-0.3, -0.25) is 19.1 Å². The van der Waals surface area contributed by atoms with Gasteiger partial charge in [0.05, 0.1) is 23.2 Å². The normalized spacial score (nSPS) is 17.3. The highest BCUT2D eigenvalue weighted by Crippen LogP contribution is 2.26. The number of aliphatic hydroxyl groups excluding tert-OH is 1. The number of fused-ring (bicyclic) bond motifs is 1. The lowest BCUT2D eigenvalue weighted by atomic mass is 9.88. The quantitative estimate of drug-likeness (QED) is 0.476. The Bertz CT molecular complexity index is 1250. The first-order chi connectivity index (χ1) is 16.2. The van der Waals surface area contributed by atoms with Gasteiger partial charge < -0.3 is 15.3 Å². The smallest absolute Gasteiger partial charge is 0.245 e. The number of Topliss-reactive ketones (excluding diaryl/α,β-unsaturated/α-hetero) is 1. The molecule has 1 aliphatic carbocycles. The van der Waals surface area contributed by atoms with Gasteiger partial charge in [-0.25, -0.2) is 4.39 Å². The van der Waals surface area contributed by atoms with Crippen molar-refractivity contribution in [2.45, 2.75) is 45.0 Å². The van der Waals surface area contributed by atoms with Gasteiger partial charge >= 0.3 is 0 Å². The van der Waals surface area contributed by atoms with E-state index in [4.69, 9.17) is 11.6 Å². The van der Waals surface area contributed by atoms with Crippen LogP contribution in [0, 0.1) is 5.82 Å². The first-order valence-electron chi connectivity index (χ1n) is 10.9. The maximum atomic E-state index is 14.1. The lowest BCUT2D eigenvalue weighted by Crippen LogP contribution is -2.53. The highest BCUT2D eigenvalue weighted by molar-refractivity contribution is 6.30. The molecule has 0 spiro atoms. The van der Waals surface area contributed by atoms with Gasteiger partial charge in [0.15, 0.2) is 5.78 Å². The Kier molecular flexibility index (Phi) is 6.95. The average Bonchev–Trinajstić information content (AvgIpc) is 3.15. The Morgan fingerprint density at radius 2 is 1.94 bits per heavy atom. The fraction of sp³-hybridized carbons (Fsp3) is 0.333. The number of nitrogens with one attached hydrogen (secondary N) is 1. The number of benzene rings is 2. The molecule has 1 fully saturated rings. The SMILES string of the molecule is CC(=O)c1nn(CC(=O)N(CC(=O)NCc2cccc(Cl)c2F)[C@H]2C[C@H](O)C2)c2ccccc12. The van der Waals surface area contributed by atoms with Crippen LogP contribution >= 0.6 is 11.6 Å². The minimum atomic E-state index is -0.605. The molecule has 1 aliphatic rings. The Morgan fingerprint density at radius 3 is 2.65 bits per heavy atom. The van der Waals surface area contributed by atoms with Gasteiger partial charge in [0.2, 0.25) is 11.8 Å². The molecular formula is C24H24ClFN4O4. The van der Waals surface area contributed by atoms with E-state index in [2.05, 4.69) is 10.4 Å². The van der Waals surface area contributed by atoms with Gasteiger partial charge in [-0.05, 0) is 25.0 Å². The summed E-state index contributed by atoms with van der Waals surface area (Å²) in [6.45, 7) is 0.913. The van der Waals surface area contributed by atoms with Crippen molar-refractivity contribution in [2.24, 2.45) is 0 Å².